The third-order valence-corrected chi connectivity index (χ3v) is 1.99. The van der Waals surface area contributed by atoms with Gasteiger partial charge in [0.15, 0.2) is 5.78 Å². The van der Waals surface area contributed by atoms with Crippen LogP contribution in [0, 0.1) is 5.92 Å². The van der Waals surface area contributed by atoms with Crippen LogP contribution in [0.5, 0.6) is 5.75 Å². The molecule has 1 atom stereocenters. The normalized spacial score (nSPS) is 11.9. The van der Waals surface area contributed by atoms with Gasteiger partial charge in [-0.15, -0.1) is 0 Å². The van der Waals surface area contributed by atoms with E-state index in [1.807, 2.05) is 0 Å². The van der Waals surface area contributed by atoms with E-state index >= 15 is 0 Å². The molecule has 3 nitrogen and oxygen atoms in total. The zero-order valence-corrected chi connectivity index (χ0v) is 8.19. The number of carbonyl (C=O) groups excluding carboxylic acids is 2. The van der Waals surface area contributed by atoms with Crippen LogP contribution in [-0.4, -0.2) is 19.2 Å². The topological polar surface area (TPSA) is 43.4 Å². The largest absolute Gasteiger partial charge is 0.496 e. The fourth-order valence-electron chi connectivity index (χ4n) is 1.16. The molecule has 1 aromatic carbocycles. The van der Waals surface area contributed by atoms with Crippen LogP contribution in [-0.2, 0) is 4.79 Å². The van der Waals surface area contributed by atoms with Crippen molar-refractivity contribution in [3.8, 4) is 5.75 Å². The van der Waals surface area contributed by atoms with Crippen LogP contribution in [0.15, 0.2) is 24.3 Å². The summed E-state index contributed by atoms with van der Waals surface area (Å²) < 4.78 is 5.02. The van der Waals surface area contributed by atoms with Crippen molar-refractivity contribution in [2.24, 2.45) is 5.92 Å². The fraction of sp³-hybridized carbons (Fsp3) is 0.273. The van der Waals surface area contributed by atoms with Gasteiger partial charge < -0.3 is 9.53 Å². The van der Waals surface area contributed by atoms with Gasteiger partial charge in [-0.1, -0.05) is 12.1 Å². The molecule has 0 aliphatic heterocycles. The summed E-state index contributed by atoms with van der Waals surface area (Å²) in [6.07, 6.45) is 0.634. The summed E-state index contributed by atoms with van der Waals surface area (Å²) >= 11 is 0. The Morgan fingerprint density at radius 3 is 2.64 bits per heavy atom. The van der Waals surface area contributed by atoms with E-state index in [-0.39, 0.29) is 5.78 Å². The lowest BCUT2D eigenvalue weighted by Gasteiger charge is -2.08. The Morgan fingerprint density at radius 2 is 2.07 bits per heavy atom. The minimum absolute atomic E-state index is 0.211. The number of benzene rings is 1. The van der Waals surface area contributed by atoms with Crippen molar-refractivity contribution in [3.63, 3.8) is 0 Å². The molecule has 0 aliphatic carbocycles. The van der Waals surface area contributed by atoms with Crippen LogP contribution in [0.1, 0.15) is 17.3 Å². The van der Waals surface area contributed by atoms with E-state index in [4.69, 9.17) is 4.74 Å². The number of hydrogen-bond acceptors (Lipinski definition) is 3. The van der Waals surface area contributed by atoms with Crippen molar-refractivity contribution in [2.75, 3.05) is 7.11 Å². The third kappa shape index (κ3) is 1.99. The number of para-hydroxylation sites is 1. The highest BCUT2D eigenvalue weighted by molar-refractivity contribution is 6.06. The Bertz CT molecular complexity index is 344. The molecule has 0 radical (unpaired) electrons. The molecular formula is C11H12O3. The average molecular weight is 192 g/mol. The molecule has 0 N–H and O–H groups in total. The third-order valence-electron chi connectivity index (χ3n) is 1.99. The summed E-state index contributed by atoms with van der Waals surface area (Å²) in [5.41, 5.74) is 0.453. The molecule has 1 rings (SSSR count). The summed E-state index contributed by atoms with van der Waals surface area (Å²) in [5, 5.41) is 0. The van der Waals surface area contributed by atoms with Crippen LogP contribution < -0.4 is 4.74 Å². The first-order valence-electron chi connectivity index (χ1n) is 4.33. The summed E-state index contributed by atoms with van der Waals surface area (Å²) in [7, 11) is 1.50. The minimum atomic E-state index is -0.619. The molecule has 14 heavy (non-hydrogen) atoms. The van der Waals surface area contributed by atoms with Gasteiger partial charge >= 0.3 is 0 Å². The highest BCUT2D eigenvalue weighted by atomic mass is 16.5. The molecule has 0 amide bonds. The molecule has 74 valence electrons. The summed E-state index contributed by atoms with van der Waals surface area (Å²) in [6.45, 7) is 1.57. The molecule has 1 aromatic rings. The molecule has 0 saturated carbocycles. The smallest absolute Gasteiger partial charge is 0.176 e. The van der Waals surface area contributed by atoms with Gasteiger partial charge in [0.2, 0.25) is 0 Å². The maximum absolute atomic E-state index is 11.6. The maximum atomic E-state index is 11.6. The second-order valence-electron chi connectivity index (χ2n) is 2.99. The Labute approximate surface area is 82.7 Å². The number of rotatable bonds is 4. The molecule has 1 unspecified atom stereocenters. The Hall–Kier alpha value is -1.64. The van der Waals surface area contributed by atoms with Gasteiger partial charge in [0.25, 0.3) is 0 Å². The molecule has 0 heterocycles. The lowest BCUT2D eigenvalue weighted by Crippen LogP contribution is -2.13. The Morgan fingerprint density at radius 1 is 1.43 bits per heavy atom. The molecule has 0 fully saturated rings. The number of hydrogen-bond donors (Lipinski definition) is 0. The van der Waals surface area contributed by atoms with Crippen molar-refractivity contribution in [2.45, 2.75) is 6.92 Å². The van der Waals surface area contributed by atoms with Crippen molar-refractivity contribution in [1.82, 2.24) is 0 Å². The zero-order valence-electron chi connectivity index (χ0n) is 8.19. The van der Waals surface area contributed by atoms with Gasteiger partial charge in [-0.2, -0.15) is 0 Å². The first-order valence-corrected chi connectivity index (χ1v) is 4.33. The second-order valence-corrected chi connectivity index (χ2v) is 2.99. The molecule has 0 saturated heterocycles. The number of methoxy groups -OCH3 is 1. The van der Waals surface area contributed by atoms with Crippen molar-refractivity contribution < 1.29 is 14.3 Å². The Balaban J connectivity index is 3.05. The Kier molecular flexibility index (Phi) is 3.40. The van der Waals surface area contributed by atoms with E-state index in [9.17, 15) is 9.59 Å². The van der Waals surface area contributed by atoms with E-state index in [1.54, 1.807) is 31.2 Å². The molecule has 0 spiro atoms. The van der Waals surface area contributed by atoms with Gasteiger partial charge in [0, 0.05) is 0 Å². The van der Waals surface area contributed by atoms with Crippen LogP contribution in [0.2, 0.25) is 0 Å². The average Bonchev–Trinajstić information content (AvgIpc) is 2.26. The molecule has 0 bridgehead atoms. The maximum Gasteiger partial charge on any atom is 0.176 e. The highest BCUT2D eigenvalue weighted by Crippen LogP contribution is 2.20. The van der Waals surface area contributed by atoms with Crippen LogP contribution in [0.3, 0.4) is 0 Å². The number of ketones is 1. The lowest BCUT2D eigenvalue weighted by molar-refractivity contribution is -0.109. The van der Waals surface area contributed by atoms with Gasteiger partial charge in [0.05, 0.1) is 18.6 Å². The highest BCUT2D eigenvalue weighted by Gasteiger charge is 2.17. The predicted octanol–water partition coefficient (Wildman–Crippen LogP) is 1.71. The molecular weight excluding hydrogens is 180 g/mol. The van der Waals surface area contributed by atoms with Crippen LogP contribution >= 0.6 is 0 Å². The number of Topliss-reactive ketones (excluding diaryl/α,β-unsaturated/α-hetero) is 1. The van der Waals surface area contributed by atoms with Gasteiger partial charge in [-0.25, -0.2) is 0 Å². The summed E-state index contributed by atoms with van der Waals surface area (Å²) in [4.78, 5) is 22.1. The van der Waals surface area contributed by atoms with Crippen molar-refractivity contribution in [1.29, 1.82) is 0 Å². The molecule has 0 aliphatic rings. The first-order chi connectivity index (χ1) is 6.70. The molecule has 0 aromatic heterocycles. The second kappa shape index (κ2) is 4.56. The summed E-state index contributed by atoms with van der Waals surface area (Å²) in [6, 6.07) is 6.88. The monoisotopic (exact) mass is 192 g/mol. The van der Waals surface area contributed by atoms with E-state index in [1.165, 1.54) is 7.11 Å². The van der Waals surface area contributed by atoms with E-state index in [2.05, 4.69) is 0 Å². The van der Waals surface area contributed by atoms with E-state index < -0.39 is 5.92 Å². The van der Waals surface area contributed by atoms with Crippen LogP contribution in [0.4, 0.5) is 0 Å². The van der Waals surface area contributed by atoms with Crippen LogP contribution in [0.25, 0.3) is 0 Å². The van der Waals surface area contributed by atoms with E-state index in [0.29, 0.717) is 17.6 Å². The lowest BCUT2D eigenvalue weighted by atomic mass is 10.00. The fourth-order valence-corrected chi connectivity index (χ4v) is 1.16. The first kappa shape index (κ1) is 10.4. The van der Waals surface area contributed by atoms with Crippen molar-refractivity contribution in [3.05, 3.63) is 29.8 Å². The molecule has 3 heteroatoms. The van der Waals surface area contributed by atoms with Gasteiger partial charge in [-0.3, -0.25) is 4.79 Å². The quantitative estimate of drug-likeness (QED) is 0.414. The SMILES string of the molecule is COc1ccccc1C(=O)C(C)C=O. The van der Waals surface area contributed by atoms with Gasteiger partial charge in [-0.05, 0) is 19.1 Å². The number of ether oxygens (including phenoxy) is 1. The predicted molar refractivity (Wildman–Crippen MR) is 52.6 cm³/mol. The standard InChI is InChI=1S/C11H12O3/c1-8(7-12)11(13)9-5-3-4-6-10(9)14-2/h3-8H,1-2H3. The van der Waals surface area contributed by atoms with Crippen molar-refractivity contribution >= 4 is 12.1 Å². The zero-order chi connectivity index (χ0) is 10.6. The van der Waals surface area contributed by atoms with Gasteiger partial charge in [0.1, 0.15) is 12.0 Å². The number of aldehydes is 1. The number of carbonyl (C=O) groups is 2. The minimum Gasteiger partial charge on any atom is -0.496 e. The summed E-state index contributed by atoms with van der Waals surface area (Å²) in [5.74, 6) is -0.324. The van der Waals surface area contributed by atoms with E-state index in [0.717, 1.165) is 0 Å².